The molecular formula is C13H19N5O. The fourth-order valence-electron chi connectivity index (χ4n) is 1.82. The van der Waals surface area contributed by atoms with E-state index < -0.39 is 0 Å². The van der Waals surface area contributed by atoms with Crippen molar-refractivity contribution < 1.29 is 4.79 Å². The van der Waals surface area contributed by atoms with E-state index in [1.54, 1.807) is 22.9 Å². The largest absolute Gasteiger partial charge is 0.395 e. The van der Waals surface area contributed by atoms with Crippen LogP contribution in [-0.2, 0) is 4.79 Å². The Balaban J connectivity index is 2.88. The Kier molecular flexibility index (Phi) is 5.12. The van der Waals surface area contributed by atoms with Gasteiger partial charge >= 0.3 is 0 Å². The van der Waals surface area contributed by atoms with Gasteiger partial charge in [-0.1, -0.05) is 0 Å². The van der Waals surface area contributed by atoms with E-state index in [1.807, 2.05) is 19.9 Å². The second-order valence-corrected chi connectivity index (χ2v) is 4.13. The zero-order valence-corrected chi connectivity index (χ0v) is 11.6. The monoisotopic (exact) mass is 261 g/mol. The summed E-state index contributed by atoms with van der Waals surface area (Å²) in [6.45, 7) is 5.40. The van der Waals surface area contributed by atoms with Crippen LogP contribution >= 0.6 is 0 Å². The van der Waals surface area contributed by atoms with Gasteiger partial charge in [0.1, 0.15) is 6.07 Å². The maximum Gasteiger partial charge on any atom is 0.242 e. The molecule has 0 unspecified atom stereocenters. The number of nitrogen functional groups attached to an aromatic ring is 1. The van der Waals surface area contributed by atoms with Crippen LogP contribution in [0.25, 0.3) is 0 Å². The van der Waals surface area contributed by atoms with Gasteiger partial charge in [-0.05, 0) is 19.9 Å². The highest BCUT2D eigenvalue weighted by molar-refractivity contribution is 5.82. The molecule has 1 heterocycles. The van der Waals surface area contributed by atoms with Crippen molar-refractivity contribution in [1.29, 1.82) is 5.26 Å². The summed E-state index contributed by atoms with van der Waals surface area (Å²) >= 11 is 0. The number of nitriles is 1. The highest BCUT2D eigenvalue weighted by atomic mass is 16.2. The second-order valence-electron chi connectivity index (χ2n) is 4.13. The standard InChI is InChI=1S/C13H19N5O/c1-4-18(5-2)11(19)9-17(3)13-12(15)10(8-14)6-7-16-13/h6-7H,4-5,9,15H2,1-3H3. The molecule has 102 valence electrons. The first kappa shape index (κ1) is 14.8. The number of hydrogen-bond acceptors (Lipinski definition) is 5. The minimum absolute atomic E-state index is 0.0102. The molecule has 1 aromatic heterocycles. The van der Waals surface area contributed by atoms with Crippen LogP contribution in [0.15, 0.2) is 12.3 Å². The highest BCUT2D eigenvalue weighted by Gasteiger charge is 2.16. The number of rotatable bonds is 5. The molecule has 2 N–H and O–H groups in total. The smallest absolute Gasteiger partial charge is 0.242 e. The minimum atomic E-state index is 0.0102. The summed E-state index contributed by atoms with van der Waals surface area (Å²) < 4.78 is 0. The molecule has 0 saturated heterocycles. The maximum absolute atomic E-state index is 12.0. The first-order valence-electron chi connectivity index (χ1n) is 6.18. The van der Waals surface area contributed by atoms with E-state index in [-0.39, 0.29) is 12.5 Å². The fourth-order valence-corrected chi connectivity index (χ4v) is 1.82. The van der Waals surface area contributed by atoms with Gasteiger partial charge in [-0.15, -0.1) is 0 Å². The molecule has 0 saturated carbocycles. The molecular weight excluding hydrogens is 242 g/mol. The quantitative estimate of drug-likeness (QED) is 0.848. The Morgan fingerprint density at radius 2 is 2.11 bits per heavy atom. The molecule has 0 atom stereocenters. The van der Waals surface area contributed by atoms with Crippen LogP contribution in [0, 0.1) is 11.3 Å². The van der Waals surface area contributed by atoms with Crippen LogP contribution in [0.5, 0.6) is 0 Å². The van der Waals surface area contributed by atoms with Gasteiger partial charge in [0.15, 0.2) is 5.82 Å². The maximum atomic E-state index is 12.0. The number of carbonyl (C=O) groups excluding carboxylic acids is 1. The lowest BCUT2D eigenvalue weighted by Crippen LogP contribution is -2.39. The van der Waals surface area contributed by atoms with Crippen molar-refractivity contribution in [1.82, 2.24) is 9.88 Å². The Hall–Kier alpha value is -2.29. The lowest BCUT2D eigenvalue weighted by atomic mass is 10.2. The third-order valence-electron chi connectivity index (χ3n) is 2.94. The molecule has 19 heavy (non-hydrogen) atoms. The zero-order valence-electron chi connectivity index (χ0n) is 11.6. The van der Waals surface area contributed by atoms with Gasteiger partial charge in [-0.2, -0.15) is 5.26 Å². The van der Waals surface area contributed by atoms with Crippen LogP contribution in [-0.4, -0.2) is 42.5 Å². The van der Waals surface area contributed by atoms with Crippen molar-refractivity contribution in [2.45, 2.75) is 13.8 Å². The van der Waals surface area contributed by atoms with Crippen molar-refractivity contribution in [2.75, 3.05) is 37.3 Å². The van der Waals surface area contributed by atoms with E-state index in [0.29, 0.717) is 30.2 Å². The van der Waals surface area contributed by atoms with Crippen LogP contribution in [0.3, 0.4) is 0 Å². The van der Waals surface area contributed by atoms with E-state index in [9.17, 15) is 4.79 Å². The van der Waals surface area contributed by atoms with Gasteiger partial charge in [0.2, 0.25) is 5.91 Å². The summed E-state index contributed by atoms with van der Waals surface area (Å²) in [6, 6.07) is 3.56. The lowest BCUT2D eigenvalue weighted by molar-refractivity contribution is -0.129. The third kappa shape index (κ3) is 3.35. The van der Waals surface area contributed by atoms with E-state index in [2.05, 4.69) is 4.98 Å². The van der Waals surface area contributed by atoms with Crippen molar-refractivity contribution in [3.05, 3.63) is 17.8 Å². The second kappa shape index (κ2) is 6.59. The molecule has 1 amide bonds. The van der Waals surface area contributed by atoms with Crippen molar-refractivity contribution in [3.63, 3.8) is 0 Å². The van der Waals surface area contributed by atoms with Crippen molar-refractivity contribution >= 4 is 17.4 Å². The topological polar surface area (TPSA) is 86.2 Å². The molecule has 6 heteroatoms. The van der Waals surface area contributed by atoms with Gasteiger partial charge < -0.3 is 15.5 Å². The number of anilines is 2. The van der Waals surface area contributed by atoms with Gasteiger partial charge in [0, 0.05) is 26.3 Å². The average molecular weight is 261 g/mol. The average Bonchev–Trinajstić information content (AvgIpc) is 2.40. The number of likely N-dealkylation sites (N-methyl/N-ethyl adjacent to an activating group) is 2. The van der Waals surface area contributed by atoms with Gasteiger partial charge in [-0.3, -0.25) is 4.79 Å². The zero-order chi connectivity index (χ0) is 14.4. The molecule has 0 bridgehead atoms. The summed E-state index contributed by atoms with van der Waals surface area (Å²) in [7, 11) is 1.74. The van der Waals surface area contributed by atoms with Crippen LogP contribution in [0.1, 0.15) is 19.4 Å². The molecule has 0 aliphatic heterocycles. The first-order valence-corrected chi connectivity index (χ1v) is 6.18. The summed E-state index contributed by atoms with van der Waals surface area (Å²) in [6.07, 6.45) is 1.52. The third-order valence-corrected chi connectivity index (χ3v) is 2.94. The van der Waals surface area contributed by atoms with Gasteiger partial charge in [0.25, 0.3) is 0 Å². The number of nitrogens with zero attached hydrogens (tertiary/aromatic N) is 4. The summed E-state index contributed by atoms with van der Waals surface area (Å²) in [4.78, 5) is 19.5. The van der Waals surface area contributed by atoms with E-state index in [4.69, 9.17) is 11.0 Å². The van der Waals surface area contributed by atoms with E-state index >= 15 is 0 Å². The molecule has 0 fully saturated rings. The minimum Gasteiger partial charge on any atom is -0.395 e. The molecule has 0 aromatic carbocycles. The number of hydrogen-bond donors (Lipinski definition) is 1. The number of amides is 1. The number of aromatic nitrogens is 1. The number of pyridine rings is 1. The number of carbonyl (C=O) groups is 1. The van der Waals surface area contributed by atoms with Crippen molar-refractivity contribution in [3.8, 4) is 6.07 Å². The summed E-state index contributed by atoms with van der Waals surface area (Å²) in [5.74, 6) is 0.468. The molecule has 0 aliphatic carbocycles. The van der Waals surface area contributed by atoms with Crippen molar-refractivity contribution in [2.24, 2.45) is 0 Å². The molecule has 0 aliphatic rings. The molecule has 1 rings (SSSR count). The highest BCUT2D eigenvalue weighted by Crippen LogP contribution is 2.22. The predicted octanol–water partition coefficient (Wildman–Crippen LogP) is 0.840. The summed E-state index contributed by atoms with van der Waals surface area (Å²) in [5, 5.41) is 8.92. The Bertz CT molecular complexity index is 490. The van der Waals surface area contributed by atoms with Crippen LogP contribution < -0.4 is 10.6 Å². The van der Waals surface area contributed by atoms with Crippen LogP contribution in [0.2, 0.25) is 0 Å². The first-order chi connectivity index (χ1) is 9.04. The van der Waals surface area contributed by atoms with Crippen LogP contribution in [0.4, 0.5) is 11.5 Å². The van der Waals surface area contributed by atoms with Gasteiger partial charge in [-0.25, -0.2) is 4.98 Å². The molecule has 0 radical (unpaired) electrons. The molecule has 0 spiro atoms. The normalized spacial score (nSPS) is 9.79. The Labute approximate surface area is 113 Å². The van der Waals surface area contributed by atoms with Gasteiger partial charge in [0.05, 0.1) is 17.8 Å². The lowest BCUT2D eigenvalue weighted by Gasteiger charge is -2.24. The SMILES string of the molecule is CCN(CC)C(=O)CN(C)c1nccc(C#N)c1N. The Morgan fingerprint density at radius 3 is 2.63 bits per heavy atom. The predicted molar refractivity (Wildman–Crippen MR) is 74.6 cm³/mol. The van der Waals surface area contributed by atoms with E-state index in [1.165, 1.54) is 6.20 Å². The molecule has 6 nitrogen and oxygen atoms in total. The van der Waals surface area contributed by atoms with E-state index in [0.717, 1.165) is 0 Å². The molecule has 1 aromatic rings. The fraction of sp³-hybridized carbons (Fsp3) is 0.462. The summed E-state index contributed by atoms with van der Waals surface area (Å²) in [5.41, 5.74) is 6.53. The number of nitrogens with two attached hydrogens (primary N) is 1. The Morgan fingerprint density at radius 1 is 1.47 bits per heavy atom.